The lowest BCUT2D eigenvalue weighted by Crippen LogP contribution is -2.22. The number of nitrogens with zero attached hydrogens (tertiary/aromatic N) is 1. The van der Waals surface area contributed by atoms with Crippen LogP contribution in [0.2, 0.25) is 0 Å². The van der Waals surface area contributed by atoms with Gasteiger partial charge in [-0.15, -0.1) is 11.3 Å². The van der Waals surface area contributed by atoms with Crippen LogP contribution in [0.1, 0.15) is 22.6 Å². The minimum atomic E-state index is 0.652. The van der Waals surface area contributed by atoms with Crippen LogP contribution in [-0.2, 0) is 17.8 Å². The second kappa shape index (κ2) is 6.50. The maximum Gasteiger partial charge on any atom is 0.0593 e. The largest absolute Gasteiger partial charge is 0.380 e. The van der Waals surface area contributed by atoms with Crippen molar-refractivity contribution >= 4 is 11.3 Å². The third-order valence-electron chi connectivity index (χ3n) is 3.01. The molecule has 1 aromatic rings. The summed E-state index contributed by atoms with van der Waals surface area (Å²) in [4.78, 5) is 4.95. The van der Waals surface area contributed by atoms with Gasteiger partial charge in [-0.05, 0) is 37.9 Å². The van der Waals surface area contributed by atoms with Gasteiger partial charge in [-0.2, -0.15) is 0 Å². The smallest absolute Gasteiger partial charge is 0.0593 e. The number of likely N-dealkylation sites (N-methyl/N-ethyl adjacent to an activating group) is 1. The van der Waals surface area contributed by atoms with Gasteiger partial charge in [0, 0.05) is 36.0 Å². The van der Waals surface area contributed by atoms with Gasteiger partial charge in [0.05, 0.1) is 6.61 Å². The Morgan fingerprint density at radius 2 is 2.18 bits per heavy atom. The lowest BCUT2D eigenvalue weighted by atomic mass is 10.4. The second-order valence-corrected chi connectivity index (χ2v) is 6.08. The highest BCUT2D eigenvalue weighted by Gasteiger charge is 2.20. The summed E-state index contributed by atoms with van der Waals surface area (Å²) in [5.41, 5.74) is 5.60. The van der Waals surface area contributed by atoms with Crippen LogP contribution in [0.4, 0.5) is 0 Å². The fourth-order valence-corrected chi connectivity index (χ4v) is 2.69. The number of hydrogen-bond donors (Lipinski definition) is 1. The molecule has 0 atom stereocenters. The van der Waals surface area contributed by atoms with E-state index in [1.54, 1.807) is 0 Å². The van der Waals surface area contributed by atoms with Crippen molar-refractivity contribution in [2.45, 2.75) is 25.9 Å². The number of ether oxygens (including phenoxy) is 1. The standard InChI is InChI=1S/C13H22N2OS/c1-15(6-7-16-10-11-2-3-11)9-13-5-4-12(8-14)17-13/h4-5,11H,2-3,6-10,14H2,1H3. The van der Waals surface area contributed by atoms with Crippen LogP contribution in [0.25, 0.3) is 0 Å². The van der Waals surface area contributed by atoms with Gasteiger partial charge in [-0.25, -0.2) is 0 Å². The summed E-state index contributed by atoms with van der Waals surface area (Å²) in [6.45, 7) is 4.46. The minimum absolute atomic E-state index is 0.652. The van der Waals surface area contributed by atoms with Crippen molar-refractivity contribution in [1.29, 1.82) is 0 Å². The molecule has 0 aromatic carbocycles. The molecule has 2 rings (SSSR count). The predicted molar refractivity (Wildman–Crippen MR) is 72.1 cm³/mol. The number of nitrogens with two attached hydrogens (primary N) is 1. The molecule has 17 heavy (non-hydrogen) atoms. The molecule has 1 aromatic heterocycles. The molecule has 96 valence electrons. The third-order valence-corrected chi connectivity index (χ3v) is 4.10. The van der Waals surface area contributed by atoms with Gasteiger partial charge < -0.3 is 10.5 Å². The summed E-state index contributed by atoms with van der Waals surface area (Å²) in [5.74, 6) is 0.865. The van der Waals surface area contributed by atoms with Gasteiger partial charge in [0.2, 0.25) is 0 Å². The zero-order chi connectivity index (χ0) is 12.1. The van der Waals surface area contributed by atoms with E-state index in [2.05, 4.69) is 24.1 Å². The highest BCUT2D eigenvalue weighted by atomic mass is 32.1. The fraction of sp³-hybridized carbons (Fsp3) is 0.692. The second-order valence-electron chi connectivity index (χ2n) is 4.83. The Bertz CT molecular complexity index is 336. The molecule has 1 saturated carbocycles. The Balaban J connectivity index is 1.60. The molecule has 1 aliphatic rings. The molecule has 0 radical (unpaired) electrons. The molecule has 0 amide bonds. The first-order valence-corrected chi connectivity index (χ1v) is 7.13. The van der Waals surface area contributed by atoms with Crippen LogP contribution in [-0.4, -0.2) is 31.7 Å². The molecule has 1 fully saturated rings. The first-order chi connectivity index (χ1) is 8.28. The first-order valence-electron chi connectivity index (χ1n) is 6.32. The summed E-state index contributed by atoms with van der Waals surface area (Å²) < 4.78 is 5.63. The normalized spacial score (nSPS) is 15.7. The number of hydrogen-bond acceptors (Lipinski definition) is 4. The molecule has 0 bridgehead atoms. The molecular formula is C13H22N2OS. The monoisotopic (exact) mass is 254 g/mol. The van der Waals surface area contributed by atoms with E-state index in [4.69, 9.17) is 10.5 Å². The van der Waals surface area contributed by atoms with E-state index in [0.29, 0.717) is 6.54 Å². The van der Waals surface area contributed by atoms with E-state index in [1.807, 2.05) is 11.3 Å². The van der Waals surface area contributed by atoms with Gasteiger partial charge in [-0.3, -0.25) is 4.90 Å². The van der Waals surface area contributed by atoms with Gasteiger partial charge in [0.1, 0.15) is 0 Å². The fourth-order valence-electron chi connectivity index (χ4n) is 1.72. The SMILES string of the molecule is CN(CCOCC1CC1)Cc1ccc(CN)s1. The zero-order valence-electron chi connectivity index (χ0n) is 10.5. The number of thiophene rings is 1. The molecular weight excluding hydrogens is 232 g/mol. The zero-order valence-corrected chi connectivity index (χ0v) is 11.3. The van der Waals surface area contributed by atoms with Crippen molar-refractivity contribution in [2.75, 3.05) is 26.8 Å². The van der Waals surface area contributed by atoms with Crippen molar-refractivity contribution in [2.24, 2.45) is 11.7 Å². The Kier molecular flexibility index (Phi) is 4.98. The van der Waals surface area contributed by atoms with Crippen molar-refractivity contribution < 1.29 is 4.74 Å². The lowest BCUT2D eigenvalue weighted by molar-refractivity contribution is 0.102. The van der Waals surface area contributed by atoms with Crippen LogP contribution in [0.5, 0.6) is 0 Å². The van der Waals surface area contributed by atoms with Crippen LogP contribution >= 0.6 is 11.3 Å². The van der Waals surface area contributed by atoms with Crippen molar-refractivity contribution in [3.05, 3.63) is 21.9 Å². The van der Waals surface area contributed by atoms with Gasteiger partial charge >= 0.3 is 0 Å². The average molecular weight is 254 g/mol. The average Bonchev–Trinajstić information content (AvgIpc) is 3.04. The van der Waals surface area contributed by atoms with Crippen molar-refractivity contribution in [3.63, 3.8) is 0 Å². The molecule has 2 N–H and O–H groups in total. The van der Waals surface area contributed by atoms with Gasteiger partial charge in [-0.1, -0.05) is 0 Å². The molecule has 0 saturated heterocycles. The quantitative estimate of drug-likeness (QED) is 0.722. The molecule has 1 aliphatic carbocycles. The highest BCUT2D eigenvalue weighted by molar-refractivity contribution is 7.11. The maximum absolute atomic E-state index is 5.63. The molecule has 0 unspecified atom stereocenters. The van der Waals surface area contributed by atoms with Crippen molar-refractivity contribution in [3.8, 4) is 0 Å². The van der Waals surface area contributed by atoms with Crippen LogP contribution in [0.3, 0.4) is 0 Å². The summed E-state index contributed by atoms with van der Waals surface area (Å²) in [6.07, 6.45) is 2.74. The Morgan fingerprint density at radius 3 is 2.82 bits per heavy atom. The number of rotatable bonds is 8. The van der Waals surface area contributed by atoms with E-state index in [1.165, 1.54) is 22.6 Å². The molecule has 4 heteroatoms. The maximum atomic E-state index is 5.63. The Labute approximate surface area is 108 Å². The van der Waals surface area contributed by atoms with Gasteiger partial charge in [0.25, 0.3) is 0 Å². The van der Waals surface area contributed by atoms with Crippen LogP contribution < -0.4 is 5.73 Å². The highest BCUT2D eigenvalue weighted by Crippen LogP contribution is 2.28. The topological polar surface area (TPSA) is 38.5 Å². The minimum Gasteiger partial charge on any atom is -0.380 e. The Hall–Kier alpha value is -0.420. The van der Waals surface area contributed by atoms with Crippen LogP contribution in [0.15, 0.2) is 12.1 Å². The Morgan fingerprint density at radius 1 is 1.41 bits per heavy atom. The molecule has 3 nitrogen and oxygen atoms in total. The molecule has 1 heterocycles. The summed E-state index contributed by atoms with van der Waals surface area (Å²) in [5, 5.41) is 0. The lowest BCUT2D eigenvalue weighted by Gasteiger charge is -2.15. The van der Waals surface area contributed by atoms with E-state index in [0.717, 1.165) is 32.2 Å². The first kappa shape index (κ1) is 13.0. The van der Waals surface area contributed by atoms with E-state index < -0.39 is 0 Å². The summed E-state index contributed by atoms with van der Waals surface area (Å²) in [6, 6.07) is 4.30. The van der Waals surface area contributed by atoms with Crippen molar-refractivity contribution in [1.82, 2.24) is 4.90 Å². The van der Waals surface area contributed by atoms with E-state index in [-0.39, 0.29) is 0 Å². The molecule has 0 aliphatic heterocycles. The van der Waals surface area contributed by atoms with E-state index in [9.17, 15) is 0 Å². The van der Waals surface area contributed by atoms with Gasteiger partial charge in [0.15, 0.2) is 0 Å². The summed E-state index contributed by atoms with van der Waals surface area (Å²) in [7, 11) is 2.14. The summed E-state index contributed by atoms with van der Waals surface area (Å²) >= 11 is 1.81. The molecule has 0 spiro atoms. The van der Waals surface area contributed by atoms with Crippen LogP contribution in [0, 0.1) is 5.92 Å². The predicted octanol–water partition coefficient (Wildman–Crippen LogP) is 2.07. The van der Waals surface area contributed by atoms with E-state index >= 15 is 0 Å². The third kappa shape index (κ3) is 4.76.